The number of hydrogen-bond donors (Lipinski definition) is 1. The van der Waals surface area contributed by atoms with Gasteiger partial charge in [-0.3, -0.25) is 14.2 Å². The van der Waals surface area contributed by atoms with Gasteiger partial charge in [-0.25, -0.2) is 4.98 Å². The molecule has 1 amide bonds. The van der Waals surface area contributed by atoms with Crippen molar-refractivity contribution in [2.45, 2.75) is 39.2 Å². The number of nitrogens with one attached hydrogen (secondary N) is 1. The number of carbonyl (C=O) groups is 1. The molecule has 0 spiro atoms. The van der Waals surface area contributed by atoms with Gasteiger partial charge in [0.2, 0.25) is 0 Å². The average Bonchev–Trinajstić information content (AvgIpc) is 2.89. The highest BCUT2D eigenvalue weighted by Crippen LogP contribution is 2.30. The number of carbonyl (C=O) groups excluding carboxylic acids is 1. The molecule has 152 valence electrons. The van der Waals surface area contributed by atoms with Crippen molar-refractivity contribution in [3.63, 3.8) is 0 Å². The van der Waals surface area contributed by atoms with Crippen molar-refractivity contribution in [3.8, 4) is 11.5 Å². The van der Waals surface area contributed by atoms with E-state index in [0.29, 0.717) is 44.4 Å². The molecule has 0 radical (unpaired) electrons. The second-order valence-corrected chi connectivity index (χ2v) is 8.09. The summed E-state index contributed by atoms with van der Waals surface area (Å²) >= 11 is 1.27. The van der Waals surface area contributed by atoms with E-state index in [9.17, 15) is 9.59 Å². The van der Waals surface area contributed by atoms with Gasteiger partial charge in [-0.05, 0) is 25.3 Å². The molecule has 7 nitrogen and oxygen atoms in total. The Bertz CT molecular complexity index is 1130. The fourth-order valence-corrected chi connectivity index (χ4v) is 4.78. The lowest BCUT2D eigenvalue weighted by molar-refractivity contribution is 0.103. The molecule has 1 aliphatic rings. The van der Waals surface area contributed by atoms with Gasteiger partial charge in [-0.15, -0.1) is 11.3 Å². The number of benzene rings is 1. The van der Waals surface area contributed by atoms with Gasteiger partial charge >= 0.3 is 0 Å². The molecule has 29 heavy (non-hydrogen) atoms. The zero-order valence-corrected chi connectivity index (χ0v) is 17.5. The van der Waals surface area contributed by atoms with Gasteiger partial charge in [-0.2, -0.15) is 0 Å². The number of ether oxygens (including phenoxy) is 2. The molecule has 0 fully saturated rings. The van der Waals surface area contributed by atoms with E-state index < -0.39 is 0 Å². The first kappa shape index (κ1) is 19.4. The predicted octanol–water partition coefficient (Wildman–Crippen LogP) is 3.76. The van der Waals surface area contributed by atoms with Gasteiger partial charge in [0.1, 0.15) is 22.2 Å². The van der Waals surface area contributed by atoms with E-state index in [1.54, 1.807) is 37.0 Å². The largest absolute Gasteiger partial charge is 0.497 e. The number of rotatable bonds is 4. The molecule has 8 heteroatoms. The van der Waals surface area contributed by atoms with Crippen LogP contribution in [0.2, 0.25) is 0 Å². The standard InChI is InChI=1S/C21H23N3O4S/c1-12-17-20(23-16-7-5-4-6-8-24(16)21(17)26)29-18(12)19(25)22-13-9-14(27-2)11-15(10-13)28-3/h9-11H,4-8H2,1-3H3,(H,22,25). The molecule has 4 rings (SSSR count). The van der Waals surface area contributed by atoms with Gasteiger partial charge < -0.3 is 14.8 Å². The smallest absolute Gasteiger partial charge is 0.266 e. The topological polar surface area (TPSA) is 82.5 Å². The minimum atomic E-state index is -0.277. The highest BCUT2D eigenvalue weighted by atomic mass is 32.1. The lowest BCUT2D eigenvalue weighted by Crippen LogP contribution is -2.24. The summed E-state index contributed by atoms with van der Waals surface area (Å²) in [5, 5.41) is 3.43. The maximum Gasteiger partial charge on any atom is 0.266 e. The van der Waals surface area contributed by atoms with Crippen LogP contribution in [0.3, 0.4) is 0 Å². The molecular weight excluding hydrogens is 390 g/mol. The summed E-state index contributed by atoms with van der Waals surface area (Å²) in [5.74, 6) is 1.71. The van der Waals surface area contributed by atoms with Crippen molar-refractivity contribution < 1.29 is 14.3 Å². The second-order valence-electron chi connectivity index (χ2n) is 7.09. The zero-order chi connectivity index (χ0) is 20.5. The summed E-state index contributed by atoms with van der Waals surface area (Å²) in [4.78, 5) is 31.9. The molecule has 0 aliphatic carbocycles. The number of aromatic nitrogens is 2. The second kappa shape index (κ2) is 7.87. The van der Waals surface area contributed by atoms with Crippen molar-refractivity contribution in [3.05, 3.63) is 44.8 Å². The Morgan fingerprint density at radius 1 is 1.14 bits per heavy atom. The van der Waals surface area contributed by atoms with Gasteiger partial charge in [0.25, 0.3) is 11.5 Å². The fraction of sp³-hybridized carbons (Fsp3) is 0.381. The summed E-state index contributed by atoms with van der Waals surface area (Å²) in [6, 6.07) is 5.18. The third kappa shape index (κ3) is 3.60. The molecule has 0 atom stereocenters. The molecule has 3 heterocycles. The summed E-state index contributed by atoms with van der Waals surface area (Å²) in [6.07, 6.45) is 3.92. The number of anilines is 1. The zero-order valence-electron chi connectivity index (χ0n) is 16.7. The lowest BCUT2D eigenvalue weighted by Gasteiger charge is -2.09. The number of methoxy groups -OCH3 is 2. The van der Waals surface area contributed by atoms with Crippen LogP contribution in [0.5, 0.6) is 11.5 Å². The van der Waals surface area contributed by atoms with E-state index in [4.69, 9.17) is 14.5 Å². The molecule has 0 saturated carbocycles. The van der Waals surface area contributed by atoms with Crippen molar-refractivity contribution in [1.29, 1.82) is 0 Å². The molecule has 1 N–H and O–H groups in total. The predicted molar refractivity (Wildman–Crippen MR) is 114 cm³/mol. The van der Waals surface area contributed by atoms with Gasteiger partial charge in [0, 0.05) is 36.9 Å². The van der Waals surface area contributed by atoms with Crippen LogP contribution in [0, 0.1) is 6.92 Å². The Morgan fingerprint density at radius 2 is 1.86 bits per heavy atom. The first-order valence-electron chi connectivity index (χ1n) is 9.59. The molecule has 0 saturated heterocycles. The summed E-state index contributed by atoms with van der Waals surface area (Å²) in [7, 11) is 3.11. The van der Waals surface area contributed by atoms with Crippen LogP contribution in [-0.4, -0.2) is 29.7 Å². The molecule has 0 unspecified atom stereocenters. The third-order valence-electron chi connectivity index (χ3n) is 5.23. The molecule has 1 aliphatic heterocycles. The van der Waals surface area contributed by atoms with Crippen molar-refractivity contribution in [2.75, 3.05) is 19.5 Å². The molecule has 3 aromatic rings. The first-order valence-corrected chi connectivity index (χ1v) is 10.4. The molecule has 1 aromatic carbocycles. The van der Waals surface area contributed by atoms with Crippen molar-refractivity contribution in [2.24, 2.45) is 0 Å². The Morgan fingerprint density at radius 3 is 2.55 bits per heavy atom. The number of thiophene rings is 1. The van der Waals surface area contributed by atoms with E-state index >= 15 is 0 Å². The summed E-state index contributed by atoms with van der Waals surface area (Å²) in [5.41, 5.74) is 1.20. The number of fused-ring (bicyclic) bond motifs is 2. The normalized spacial score (nSPS) is 13.6. The van der Waals surface area contributed by atoms with Crippen molar-refractivity contribution in [1.82, 2.24) is 9.55 Å². The molecular formula is C21H23N3O4S. The van der Waals surface area contributed by atoms with Gasteiger partial charge in [-0.1, -0.05) is 6.42 Å². The van der Waals surface area contributed by atoms with E-state index in [1.807, 2.05) is 6.92 Å². The van der Waals surface area contributed by atoms with E-state index in [0.717, 1.165) is 31.5 Å². The van der Waals surface area contributed by atoms with Crippen LogP contribution in [-0.2, 0) is 13.0 Å². The number of amides is 1. The van der Waals surface area contributed by atoms with E-state index in [-0.39, 0.29) is 11.5 Å². The summed E-state index contributed by atoms with van der Waals surface area (Å²) < 4.78 is 12.3. The van der Waals surface area contributed by atoms with Gasteiger partial charge in [0.15, 0.2) is 0 Å². The lowest BCUT2D eigenvalue weighted by atomic mass is 10.2. The van der Waals surface area contributed by atoms with E-state index in [1.165, 1.54) is 11.3 Å². The van der Waals surface area contributed by atoms with Crippen LogP contribution < -0.4 is 20.3 Å². The fourth-order valence-electron chi connectivity index (χ4n) is 3.69. The first-order chi connectivity index (χ1) is 14.0. The van der Waals surface area contributed by atoms with E-state index in [2.05, 4.69) is 5.32 Å². The third-order valence-corrected chi connectivity index (χ3v) is 6.41. The quantitative estimate of drug-likeness (QED) is 0.704. The highest BCUT2D eigenvalue weighted by Gasteiger charge is 2.22. The molecule has 2 aromatic heterocycles. The summed E-state index contributed by atoms with van der Waals surface area (Å²) in [6.45, 7) is 2.50. The Labute approximate surface area is 172 Å². The van der Waals surface area contributed by atoms with Crippen LogP contribution >= 0.6 is 11.3 Å². The molecule has 0 bridgehead atoms. The SMILES string of the molecule is COc1cc(NC(=O)c2sc3nc4n(c(=O)c3c2C)CCCCC4)cc(OC)c1. The van der Waals surface area contributed by atoms with Gasteiger partial charge in [0.05, 0.1) is 24.5 Å². The Balaban J connectivity index is 1.73. The van der Waals surface area contributed by atoms with Crippen molar-refractivity contribution >= 4 is 33.1 Å². The Kier molecular flexibility index (Phi) is 5.27. The maximum absolute atomic E-state index is 13.1. The highest BCUT2D eigenvalue weighted by molar-refractivity contribution is 7.20. The van der Waals surface area contributed by atoms with Crippen LogP contribution in [0.4, 0.5) is 5.69 Å². The minimum Gasteiger partial charge on any atom is -0.497 e. The number of nitrogens with zero attached hydrogens (tertiary/aromatic N) is 2. The van der Waals surface area contributed by atoms with Crippen LogP contribution in [0.1, 0.15) is 40.3 Å². The van der Waals surface area contributed by atoms with Crippen LogP contribution in [0.25, 0.3) is 10.2 Å². The Hall–Kier alpha value is -2.87. The maximum atomic E-state index is 13.1. The monoisotopic (exact) mass is 413 g/mol. The van der Waals surface area contributed by atoms with Crippen LogP contribution in [0.15, 0.2) is 23.0 Å². The minimum absolute atomic E-state index is 0.0391. The number of hydrogen-bond acceptors (Lipinski definition) is 6. The number of aryl methyl sites for hydroxylation is 2. The average molecular weight is 413 g/mol.